The molecule has 0 bridgehead atoms. The predicted octanol–water partition coefficient (Wildman–Crippen LogP) is 0.825. The highest BCUT2D eigenvalue weighted by molar-refractivity contribution is 7.91. The van der Waals surface area contributed by atoms with Crippen molar-refractivity contribution >= 4 is 27.3 Å². The Morgan fingerprint density at radius 2 is 1.90 bits per heavy atom. The van der Waals surface area contributed by atoms with Gasteiger partial charge in [-0.3, -0.25) is 5.32 Å². The lowest BCUT2D eigenvalue weighted by Crippen LogP contribution is -2.31. The van der Waals surface area contributed by atoms with E-state index in [0.29, 0.717) is 18.0 Å². The van der Waals surface area contributed by atoms with Crippen molar-refractivity contribution in [1.29, 1.82) is 0 Å². The number of nitrogens with one attached hydrogen (secondary N) is 2. The number of hydrogen-bond acceptors (Lipinski definition) is 6. The molecule has 0 spiro atoms. The molecule has 1 aromatic rings. The maximum atomic E-state index is 11.4. The van der Waals surface area contributed by atoms with Gasteiger partial charge < -0.3 is 15.2 Å². The molecule has 0 aromatic heterocycles. The summed E-state index contributed by atoms with van der Waals surface area (Å²) in [4.78, 5) is 11.2. The summed E-state index contributed by atoms with van der Waals surface area (Å²) in [5.41, 5.74) is 1.24. The molecule has 1 aliphatic rings. The Morgan fingerprint density at radius 1 is 1.29 bits per heavy atom. The standard InChI is InChI=1S/C13H18N2O5S/c1-2-20-13(17)15-10-5-3-9(4-6-10)14-11-7-21(18,19)8-12(11)16/h3-6,11-12,14,16H,2,7-8H2,1H3,(H,15,17). The van der Waals surface area contributed by atoms with Crippen LogP contribution in [-0.2, 0) is 14.6 Å². The molecule has 1 aromatic carbocycles. The van der Waals surface area contributed by atoms with Gasteiger partial charge >= 0.3 is 6.09 Å². The van der Waals surface area contributed by atoms with E-state index in [-0.39, 0.29) is 11.5 Å². The van der Waals surface area contributed by atoms with Gasteiger partial charge in [-0.1, -0.05) is 0 Å². The van der Waals surface area contributed by atoms with Crippen LogP contribution in [-0.4, -0.2) is 49.9 Å². The van der Waals surface area contributed by atoms with Crippen LogP contribution in [0.1, 0.15) is 6.92 Å². The normalized spacial score (nSPS) is 23.5. The van der Waals surface area contributed by atoms with Gasteiger partial charge in [-0.15, -0.1) is 0 Å². The second-order valence-corrected chi connectivity index (χ2v) is 6.97. The SMILES string of the molecule is CCOC(=O)Nc1ccc(NC2CS(=O)(=O)CC2O)cc1. The molecule has 116 valence electrons. The van der Waals surface area contributed by atoms with Crippen LogP contribution in [0, 0.1) is 0 Å². The molecular formula is C13H18N2O5S. The van der Waals surface area contributed by atoms with Crippen LogP contribution in [0.25, 0.3) is 0 Å². The Kier molecular flexibility index (Phi) is 4.69. The first-order chi connectivity index (χ1) is 9.89. The number of ether oxygens (including phenoxy) is 1. The average molecular weight is 314 g/mol. The van der Waals surface area contributed by atoms with Crippen molar-refractivity contribution in [3.8, 4) is 0 Å². The molecule has 0 aliphatic carbocycles. The van der Waals surface area contributed by atoms with Crippen LogP contribution in [0.15, 0.2) is 24.3 Å². The number of aliphatic hydroxyl groups excluding tert-OH is 1. The summed E-state index contributed by atoms with van der Waals surface area (Å²) in [6.45, 7) is 2.01. The van der Waals surface area contributed by atoms with Crippen molar-refractivity contribution in [3.05, 3.63) is 24.3 Å². The minimum Gasteiger partial charge on any atom is -0.450 e. The van der Waals surface area contributed by atoms with Crippen LogP contribution in [0.4, 0.5) is 16.2 Å². The number of amides is 1. The van der Waals surface area contributed by atoms with Gasteiger partial charge in [0.05, 0.1) is 30.3 Å². The van der Waals surface area contributed by atoms with Gasteiger partial charge in [0.1, 0.15) is 0 Å². The molecule has 1 amide bonds. The summed E-state index contributed by atoms with van der Waals surface area (Å²) >= 11 is 0. The van der Waals surface area contributed by atoms with E-state index in [1.54, 1.807) is 31.2 Å². The van der Waals surface area contributed by atoms with Gasteiger partial charge in [-0.25, -0.2) is 13.2 Å². The highest BCUT2D eigenvalue weighted by Crippen LogP contribution is 2.20. The van der Waals surface area contributed by atoms with Crippen LogP contribution < -0.4 is 10.6 Å². The summed E-state index contributed by atoms with van der Waals surface area (Å²) in [6, 6.07) is 6.20. The average Bonchev–Trinajstić information content (AvgIpc) is 2.65. The Bertz CT molecular complexity index is 599. The fraction of sp³-hybridized carbons (Fsp3) is 0.462. The van der Waals surface area contributed by atoms with Crippen LogP contribution in [0.5, 0.6) is 0 Å². The molecule has 21 heavy (non-hydrogen) atoms. The third-order valence-corrected chi connectivity index (χ3v) is 4.80. The highest BCUT2D eigenvalue weighted by atomic mass is 32.2. The zero-order valence-electron chi connectivity index (χ0n) is 11.6. The number of hydrogen-bond donors (Lipinski definition) is 3. The molecule has 8 heteroatoms. The van der Waals surface area contributed by atoms with Crippen LogP contribution >= 0.6 is 0 Å². The molecule has 0 saturated carbocycles. The molecule has 1 heterocycles. The summed E-state index contributed by atoms with van der Waals surface area (Å²) in [6.07, 6.45) is -1.44. The Hall–Kier alpha value is -1.80. The minimum absolute atomic E-state index is 0.0863. The lowest BCUT2D eigenvalue weighted by atomic mass is 10.2. The molecule has 7 nitrogen and oxygen atoms in total. The number of rotatable bonds is 4. The van der Waals surface area contributed by atoms with Crippen molar-refractivity contribution in [1.82, 2.24) is 0 Å². The first-order valence-electron chi connectivity index (χ1n) is 6.58. The molecule has 2 rings (SSSR count). The van der Waals surface area contributed by atoms with Crippen molar-refractivity contribution < 1.29 is 23.1 Å². The third-order valence-electron chi connectivity index (χ3n) is 3.08. The number of benzene rings is 1. The molecule has 0 radical (unpaired) electrons. The zero-order valence-corrected chi connectivity index (χ0v) is 12.4. The summed E-state index contributed by atoms with van der Waals surface area (Å²) in [7, 11) is -3.18. The number of carbonyl (C=O) groups excluding carboxylic acids is 1. The van der Waals surface area contributed by atoms with E-state index < -0.39 is 28.1 Å². The maximum Gasteiger partial charge on any atom is 0.411 e. The van der Waals surface area contributed by atoms with E-state index in [1.807, 2.05) is 0 Å². The topological polar surface area (TPSA) is 105 Å². The lowest BCUT2D eigenvalue weighted by molar-refractivity contribution is 0.168. The van der Waals surface area contributed by atoms with Gasteiger partial charge in [-0.05, 0) is 31.2 Å². The second kappa shape index (κ2) is 6.31. The van der Waals surface area contributed by atoms with E-state index >= 15 is 0 Å². The molecule has 1 fully saturated rings. The van der Waals surface area contributed by atoms with Crippen LogP contribution in [0.2, 0.25) is 0 Å². The quantitative estimate of drug-likeness (QED) is 0.760. The number of aliphatic hydroxyl groups is 1. The summed E-state index contributed by atoms with van der Waals surface area (Å²) in [5, 5.41) is 15.2. The first kappa shape index (κ1) is 15.6. The van der Waals surface area contributed by atoms with Gasteiger partial charge in [0.15, 0.2) is 9.84 Å². The monoisotopic (exact) mass is 314 g/mol. The Balaban J connectivity index is 1.95. The smallest absolute Gasteiger partial charge is 0.411 e. The Morgan fingerprint density at radius 3 is 2.43 bits per heavy atom. The van der Waals surface area contributed by atoms with Crippen molar-refractivity contribution in [2.45, 2.75) is 19.1 Å². The molecule has 2 unspecified atom stereocenters. The summed E-state index contributed by atoms with van der Waals surface area (Å²) < 4.78 is 27.6. The summed E-state index contributed by atoms with van der Waals surface area (Å²) in [5.74, 6) is -0.301. The van der Waals surface area contributed by atoms with Crippen molar-refractivity contribution in [2.24, 2.45) is 0 Å². The molecule has 2 atom stereocenters. The third kappa shape index (κ3) is 4.33. The van der Waals surface area contributed by atoms with Gasteiger partial charge in [0, 0.05) is 11.4 Å². The molecule has 1 saturated heterocycles. The second-order valence-electron chi connectivity index (χ2n) is 4.82. The van der Waals surface area contributed by atoms with Crippen molar-refractivity contribution in [3.63, 3.8) is 0 Å². The van der Waals surface area contributed by atoms with E-state index in [4.69, 9.17) is 4.74 Å². The highest BCUT2D eigenvalue weighted by Gasteiger charge is 2.36. The molecular weight excluding hydrogens is 296 g/mol. The van der Waals surface area contributed by atoms with Gasteiger partial charge in [0.2, 0.25) is 0 Å². The van der Waals surface area contributed by atoms with Crippen molar-refractivity contribution in [2.75, 3.05) is 28.7 Å². The fourth-order valence-corrected chi connectivity index (χ4v) is 3.86. The predicted molar refractivity (Wildman–Crippen MR) is 79.2 cm³/mol. The van der Waals surface area contributed by atoms with E-state index in [9.17, 15) is 18.3 Å². The number of carbonyl (C=O) groups is 1. The van der Waals surface area contributed by atoms with E-state index in [0.717, 1.165) is 0 Å². The maximum absolute atomic E-state index is 11.4. The minimum atomic E-state index is -3.18. The zero-order chi connectivity index (χ0) is 15.5. The Labute approximate surface area is 123 Å². The van der Waals surface area contributed by atoms with Gasteiger partial charge in [0.25, 0.3) is 0 Å². The van der Waals surface area contributed by atoms with Crippen LogP contribution in [0.3, 0.4) is 0 Å². The largest absolute Gasteiger partial charge is 0.450 e. The fourth-order valence-electron chi connectivity index (χ4n) is 2.12. The molecule has 1 aliphatic heterocycles. The number of sulfone groups is 1. The van der Waals surface area contributed by atoms with E-state index in [2.05, 4.69) is 10.6 Å². The molecule has 3 N–H and O–H groups in total. The van der Waals surface area contributed by atoms with E-state index in [1.165, 1.54) is 0 Å². The lowest BCUT2D eigenvalue weighted by Gasteiger charge is -2.16. The van der Waals surface area contributed by atoms with Gasteiger partial charge in [-0.2, -0.15) is 0 Å². The number of anilines is 2. The first-order valence-corrected chi connectivity index (χ1v) is 8.40.